The standard InChI is InChI=1S/C13H22N2O5/c1-3-13(4-2)5-6-14(9-13)12(20)15(7-10(16)17)8-11(18)19/h3-9H2,1-2H3,(H,16,17)(H,18,19). The molecule has 20 heavy (non-hydrogen) atoms. The van der Waals surface area contributed by atoms with Gasteiger partial charge in [-0.1, -0.05) is 13.8 Å². The van der Waals surface area contributed by atoms with E-state index >= 15 is 0 Å². The molecule has 0 atom stereocenters. The third kappa shape index (κ3) is 3.85. The zero-order valence-corrected chi connectivity index (χ0v) is 12.0. The number of hydrogen-bond acceptors (Lipinski definition) is 3. The Labute approximate surface area is 118 Å². The molecule has 7 nitrogen and oxygen atoms in total. The summed E-state index contributed by atoms with van der Waals surface area (Å²) in [4.78, 5) is 36.2. The van der Waals surface area contributed by atoms with Crippen molar-refractivity contribution in [1.29, 1.82) is 0 Å². The van der Waals surface area contributed by atoms with Gasteiger partial charge in [-0.3, -0.25) is 9.59 Å². The second-order valence-corrected chi connectivity index (χ2v) is 5.30. The lowest BCUT2D eigenvalue weighted by molar-refractivity contribution is -0.140. The van der Waals surface area contributed by atoms with E-state index in [1.165, 1.54) is 0 Å². The summed E-state index contributed by atoms with van der Waals surface area (Å²) in [6.07, 6.45) is 2.77. The predicted molar refractivity (Wildman–Crippen MR) is 71.4 cm³/mol. The number of rotatable bonds is 6. The van der Waals surface area contributed by atoms with Gasteiger partial charge in [0, 0.05) is 13.1 Å². The second kappa shape index (κ2) is 6.58. The van der Waals surface area contributed by atoms with Crippen LogP contribution in [0.1, 0.15) is 33.1 Å². The highest BCUT2D eigenvalue weighted by molar-refractivity contribution is 5.84. The lowest BCUT2D eigenvalue weighted by Gasteiger charge is -2.29. The van der Waals surface area contributed by atoms with Gasteiger partial charge in [-0.15, -0.1) is 0 Å². The van der Waals surface area contributed by atoms with E-state index in [4.69, 9.17) is 10.2 Å². The number of carboxylic acids is 2. The average molecular weight is 286 g/mol. The Morgan fingerprint density at radius 1 is 1.10 bits per heavy atom. The van der Waals surface area contributed by atoms with Crippen LogP contribution in [0.15, 0.2) is 0 Å². The van der Waals surface area contributed by atoms with Crippen molar-refractivity contribution in [3.05, 3.63) is 0 Å². The molecule has 0 radical (unpaired) electrons. The Bertz CT molecular complexity index is 376. The minimum absolute atomic E-state index is 0.0772. The molecule has 0 aromatic rings. The van der Waals surface area contributed by atoms with Gasteiger partial charge >= 0.3 is 18.0 Å². The molecule has 0 aromatic carbocycles. The zero-order valence-electron chi connectivity index (χ0n) is 12.0. The summed E-state index contributed by atoms with van der Waals surface area (Å²) >= 11 is 0. The Balaban J connectivity index is 2.75. The molecule has 0 saturated carbocycles. The van der Waals surface area contributed by atoms with Crippen LogP contribution in [0.2, 0.25) is 0 Å². The molecule has 1 heterocycles. The van der Waals surface area contributed by atoms with Gasteiger partial charge in [0.2, 0.25) is 0 Å². The average Bonchev–Trinajstić information content (AvgIpc) is 2.81. The predicted octanol–water partition coefficient (Wildman–Crippen LogP) is 1.09. The van der Waals surface area contributed by atoms with Crippen molar-refractivity contribution in [3.8, 4) is 0 Å². The van der Waals surface area contributed by atoms with Crippen molar-refractivity contribution in [2.75, 3.05) is 26.2 Å². The molecule has 114 valence electrons. The van der Waals surface area contributed by atoms with Crippen LogP contribution in [0.25, 0.3) is 0 Å². The number of urea groups is 1. The van der Waals surface area contributed by atoms with E-state index in [-0.39, 0.29) is 5.41 Å². The molecule has 2 N–H and O–H groups in total. The van der Waals surface area contributed by atoms with E-state index in [0.29, 0.717) is 13.1 Å². The van der Waals surface area contributed by atoms with Crippen molar-refractivity contribution in [1.82, 2.24) is 9.80 Å². The van der Waals surface area contributed by atoms with Crippen LogP contribution in [0.4, 0.5) is 4.79 Å². The molecular weight excluding hydrogens is 264 g/mol. The Morgan fingerprint density at radius 3 is 1.95 bits per heavy atom. The highest BCUT2D eigenvalue weighted by Gasteiger charge is 2.38. The minimum atomic E-state index is -1.21. The number of hydrogen-bond donors (Lipinski definition) is 2. The Morgan fingerprint density at radius 2 is 1.60 bits per heavy atom. The van der Waals surface area contributed by atoms with Gasteiger partial charge in [-0.25, -0.2) is 4.79 Å². The zero-order chi connectivity index (χ0) is 15.3. The molecule has 1 aliphatic heterocycles. The number of amides is 2. The fourth-order valence-corrected chi connectivity index (χ4v) is 2.64. The van der Waals surface area contributed by atoms with Gasteiger partial charge in [-0.2, -0.15) is 0 Å². The summed E-state index contributed by atoms with van der Waals surface area (Å²) in [6.45, 7) is 4.08. The van der Waals surface area contributed by atoms with Gasteiger partial charge in [-0.05, 0) is 24.7 Å². The molecule has 1 saturated heterocycles. The molecule has 1 fully saturated rings. The van der Waals surface area contributed by atoms with Crippen molar-refractivity contribution < 1.29 is 24.6 Å². The fourth-order valence-electron chi connectivity index (χ4n) is 2.64. The Kier molecular flexibility index (Phi) is 5.35. The summed E-state index contributed by atoms with van der Waals surface area (Å²) in [6, 6.07) is -0.501. The first-order valence-electron chi connectivity index (χ1n) is 6.81. The summed E-state index contributed by atoms with van der Waals surface area (Å²) in [7, 11) is 0. The van der Waals surface area contributed by atoms with Crippen LogP contribution in [0, 0.1) is 5.41 Å². The van der Waals surface area contributed by atoms with Crippen molar-refractivity contribution in [3.63, 3.8) is 0 Å². The number of nitrogens with zero attached hydrogens (tertiary/aromatic N) is 2. The maximum absolute atomic E-state index is 12.3. The summed E-state index contributed by atoms with van der Waals surface area (Å²) in [5.41, 5.74) is 0.0772. The minimum Gasteiger partial charge on any atom is -0.480 e. The lowest BCUT2D eigenvalue weighted by Crippen LogP contribution is -2.47. The van der Waals surface area contributed by atoms with E-state index in [1.807, 2.05) is 0 Å². The van der Waals surface area contributed by atoms with E-state index in [0.717, 1.165) is 24.2 Å². The quantitative estimate of drug-likeness (QED) is 0.761. The molecule has 1 aliphatic rings. The van der Waals surface area contributed by atoms with Gasteiger partial charge < -0.3 is 20.0 Å². The lowest BCUT2D eigenvalue weighted by atomic mass is 9.82. The first-order valence-corrected chi connectivity index (χ1v) is 6.81. The molecule has 2 amide bonds. The number of aliphatic carboxylic acids is 2. The third-order valence-electron chi connectivity index (χ3n) is 4.13. The SMILES string of the molecule is CCC1(CC)CCN(C(=O)N(CC(=O)O)CC(=O)O)C1. The van der Waals surface area contributed by atoms with Gasteiger partial charge in [0.05, 0.1) is 0 Å². The maximum atomic E-state index is 12.3. The van der Waals surface area contributed by atoms with E-state index in [1.54, 1.807) is 4.90 Å². The summed E-state index contributed by atoms with van der Waals surface area (Å²) in [5.74, 6) is -2.42. The second-order valence-electron chi connectivity index (χ2n) is 5.30. The van der Waals surface area contributed by atoms with E-state index in [2.05, 4.69) is 13.8 Å². The topological polar surface area (TPSA) is 98.2 Å². The molecule has 0 aliphatic carbocycles. The van der Waals surface area contributed by atoms with Crippen LogP contribution < -0.4 is 0 Å². The molecule has 1 rings (SSSR count). The fraction of sp³-hybridized carbons (Fsp3) is 0.769. The van der Waals surface area contributed by atoms with Crippen LogP contribution in [0.5, 0.6) is 0 Å². The van der Waals surface area contributed by atoms with E-state index < -0.39 is 31.1 Å². The molecule has 0 aromatic heterocycles. The normalized spacial score (nSPS) is 17.0. The number of carbonyl (C=O) groups excluding carboxylic acids is 1. The van der Waals surface area contributed by atoms with Gasteiger partial charge in [0.25, 0.3) is 0 Å². The molecule has 0 unspecified atom stereocenters. The highest BCUT2D eigenvalue weighted by atomic mass is 16.4. The largest absolute Gasteiger partial charge is 0.480 e. The Hall–Kier alpha value is -1.79. The molecule has 0 spiro atoms. The summed E-state index contributed by atoms with van der Waals surface area (Å²) < 4.78 is 0. The third-order valence-corrected chi connectivity index (χ3v) is 4.13. The van der Waals surface area contributed by atoms with Crippen LogP contribution in [-0.4, -0.2) is 64.2 Å². The van der Waals surface area contributed by atoms with Gasteiger partial charge in [0.1, 0.15) is 13.1 Å². The summed E-state index contributed by atoms with van der Waals surface area (Å²) in [5, 5.41) is 17.6. The van der Waals surface area contributed by atoms with E-state index in [9.17, 15) is 14.4 Å². The first kappa shape index (κ1) is 16.3. The first-order chi connectivity index (χ1) is 9.33. The molecule has 7 heteroatoms. The number of carbonyl (C=O) groups is 3. The molecular formula is C13H22N2O5. The van der Waals surface area contributed by atoms with Crippen LogP contribution in [-0.2, 0) is 9.59 Å². The number of carboxylic acid groups (broad SMARTS) is 2. The van der Waals surface area contributed by atoms with Gasteiger partial charge in [0.15, 0.2) is 0 Å². The van der Waals surface area contributed by atoms with Crippen molar-refractivity contribution in [2.45, 2.75) is 33.1 Å². The maximum Gasteiger partial charge on any atom is 0.323 e. The van der Waals surface area contributed by atoms with Crippen molar-refractivity contribution >= 4 is 18.0 Å². The van der Waals surface area contributed by atoms with Crippen LogP contribution >= 0.6 is 0 Å². The number of likely N-dealkylation sites (tertiary alicyclic amines) is 1. The highest BCUT2D eigenvalue weighted by Crippen LogP contribution is 2.37. The smallest absolute Gasteiger partial charge is 0.323 e. The monoisotopic (exact) mass is 286 g/mol. The van der Waals surface area contributed by atoms with Crippen molar-refractivity contribution in [2.24, 2.45) is 5.41 Å². The van der Waals surface area contributed by atoms with Crippen LogP contribution in [0.3, 0.4) is 0 Å². The molecule has 0 bridgehead atoms.